The molecule has 0 aliphatic carbocycles. The molecule has 1 atom stereocenters. The van der Waals surface area contributed by atoms with E-state index in [1.807, 2.05) is 25.1 Å². The molecular formula is C18H24N4O2. The van der Waals surface area contributed by atoms with E-state index in [1.165, 1.54) is 5.56 Å². The van der Waals surface area contributed by atoms with Crippen LogP contribution in [0.2, 0.25) is 0 Å². The third kappa shape index (κ3) is 3.82. The van der Waals surface area contributed by atoms with Gasteiger partial charge in [-0.1, -0.05) is 37.3 Å². The summed E-state index contributed by atoms with van der Waals surface area (Å²) in [5, 5.41) is 7.95. The maximum Gasteiger partial charge on any atom is 0.240 e. The van der Waals surface area contributed by atoms with E-state index in [1.54, 1.807) is 11.9 Å². The quantitative estimate of drug-likeness (QED) is 0.814. The molecule has 6 nitrogen and oxygen atoms in total. The van der Waals surface area contributed by atoms with E-state index >= 15 is 0 Å². The summed E-state index contributed by atoms with van der Waals surface area (Å²) in [7, 11) is 1.80. The Morgan fingerprint density at radius 1 is 1.29 bits per heavy atom. The summed E-state index contributed by atoms with van der Waals surface area (Å²) < 4.78 is 5.51. The van der Waals surface area contributed by atoms with E-state index in [0.29, 0.717) is 24.7 Å². The molecule has 0 N–H and O–H groups in total. The van der Waals surface area contributed by atoms with Gasteiger partial charge in [0.15, 0.2) is 0 Å². The Morgan fingerprint density at radius 3 is 2.75 bits per heavy atom. The molecule has 6 heteroatoms. The highest BCUT2D eigenvalue weighted by Crippen LogP contribution is 2.22. The second kappa shape index (κ2) is 7.57. The van der Waals surface area contributed by atoms with Gasteiger partial charge < -0.3 is 9.32 Å². The smallest absolute Gasteiger partial charge is 0.240 e. The number of amides is 1. The Hall–Kier alpha value is -2.21. The van der Waals surface area contributed by atoms with E-state index in [9.17, 15) is 4.79 Å². The lowest BCUT2D eigenvalue weighted by Gasteiger charge is -2.27. The maximum atomic E-state index is 12.8. The largest absolute Gasteiger partial charge is 0.423 e. The molecule has 0 bridgehead atoms. The molecule has 2 heterocycles. The highest BCUT2D eigenvalue weighted by Gasteiger charge is 2.32. The number of hydrogen-bond donors (Lipinski definition) is 0. The summed E-state index contributed by atoms with van der Waals surface area (Å²) in [6.07, 6.45) is 2.66. The number of carbonyl (C=O) groups excluding carboxylic acids is 1. The van der Waals surface area contributed by atoms with Crippen LogP contribution in [0.25, 0.3) is 0 Å². The van der Waals surface area contributed by atoms with Crippen molar-refractivity contribution in [3.05, 3.63) is 47.7 Å². The third-order valence-corrected chi connectivity index (χ3v) is 4.44. The number of rotatable bonds is 6. The van der Waals surface area contributed by atoms with Gasteiger partial charge in [-0.15, -0.1) is 10.2 Å². The fourth-order valence-electron chi connectivity index (χ4n) is 3.14. The molecule has 0 saturated carbocycles. The van der Waals surface area contributed by atoms with Gasteiger partial charge in [0, 0.05) is 20.0 Å². The van der Waals surface area contributed by atoms with Crippen molar-refractivity contribution in [3.63, 3.8) is 0 Å². The van der Waals surface area contributed by atoms with Gasteiger partial charge >= 0.3 is 0 Å². The van der Waals surface area contributed by atoms with Crippen LogP contribution in [0.15, 0.2) is 34.7 Å². The van der Waals surface area contributed by atoms with Crippen LogP contribution in [0.3, 0.4) is 0 Å². The summed E-state index contributed by atoms with van der Waals surface area (Å²) >= 11 is 0. The highest BCUT2D eigenvalue weighted by atomic mass is 16.4. The standard InChI is InChI=1S/C18H24N4O2/c1-3-16-19-20-17(24-16)13-21(2)18(23)15-10-7-11-22(15)12-14-8-5-4-6-9-14/h4-6,8-9,15H,3,7,10-13H2,1-2H3/t15-/m0/s1. The molecule has 1 aromatic heterocycles. The van der Waals surface area contributed by atoms with E-state index in [2.05, 4.69) is 27.2 Å². The number of benzene rings is 1. The number of likely N-dealkylation sites (N-methyl/N-ethyl adjacent to an activating group) is 1. The van der Waals surface area contributed by atoms with Crippen molar-refractivity contribution in [2.75, 3.05) is 13.6 Å². The van der Waals surface area contributed by atoms with E-state index < -0.39 is 0 Å². The molecule has 2 aromatic rings. The molecule has 0 unspecified atom stereocenters. The number of nitrogens with zero attached hydrogens (tertiary/aromatic N) is 4. The molecule has 1 fully saturated rings. The Morgan fingerprint density at radius 2 is 2.04 bits per heavy atom. The van der Waals surface area contributed by atoms with Gasteiger partial charge in [0.05, 0.1) is 12.6 Å². The van der Waals surface area contributed by atoms with E-state index in [-0.39, 0.29) is 11.9 Å². The minimum absolute atomic E-state index is 0.0660. The van der Waals surface area contributed by atoms with Gasteiger partial charge in [0.2, 0.25) is 17.7 Å². The Kier molecular flexibility index (Phi) is 5.25. The van der Waals surface area contributed by atoms with Crippen LogP contribution in [0.4, 0.5) is 0 Å². The molecule has 1 aliphatic rings. The molecule has 128 valence electrons. The summed E-state index contributed by atoms with van der Waals surface area (Å²) in [6, 6.07) is 10.2. The van der Waals surface area contributed by atoms with Crippen LogP contribution in [0.1, 0.15) is 37.1 Å². The first kappa shape index (κ1) is 16.6. The van der Waals surface area contributed by atoms with Crippen molar-refractivity contribution in [1.82, 2.24) is 20.0 Å². The summed E-state index contributed by atoms with van der Waals surface area (Å²) in [5.41, 5.74) is 1.24. The number of carbonyl (C=O) groups is 1. The predicted octanol–water partition coefficient (Wildman–Crippen LogP) is 2.25. The molecule has 1 aromatic carbocycles. The van der Waals surface area contributed by atoms with Gasteiger partial charge in [-0.25, -0.2) is 0 Å². The van der Waals surface area contributed by atoms with Crippen LogP contribution in [0.5, 0.6) is 0 Å². The Bertz CT molecular complexity index is 671. The van der Waals surface area contributed by atoms with Crippen LogP contribution >= 0.6 is 0 Å². The SMILES string of the molecule is CCc1nnc(CN(C)C(=O)[C@@H]2CCCN2Cc2ccccc2)o1. The fourth-order valence-corrected chi connectivity index (χ4v) is 3.14. The first-order chi connectivity index (χ1) is 11.7. The molecular weight excluding hydrogens is 304 g/mol. The van der Waals surface area contributed by atoms with Crippen molar-refractivity contribution >= 4 is 5.91 Å². The monoisotopic (exact) mass is 328 g/mol. The summed E-state index contributed by atoms with van der Waals surface area (Å²) in [5.74, 6) is 1.23. The lowest BCUT2D eigenvalue weighted by Crippen LogP contribution is -2.43. The first-order valence-corrected chi connectivity index (χ1v) is 8.51. The molecule has 1 amide bonds. The van der Waals surface area contributed by atoms with Crippen molar-refractivity contribution in [2.45, 2.75) is 45.3 Å². The van der Waals surface area contributed by atoms with Gasteiger partial charge in [0.25, 0.3) is 0 Å². The van der Waals surface area contributed by atoms with Gasteiger partial charge in [-0.3, -0.25) is 9.69 Å². The number of aromatic nitrogens is 2. The zero-order valence-electron chi connectivity index (χ0n) is 14.3. The van der Waals surface area contributed by atoms with Gasteiger partial charge in [-0.2, -0.15) is 0 Å². The Labute approximate surface area is 142 Å². The van der Waals surface area contributed by atoms with Crippen molar-refractivity contribution in [2.24, 2.45) is 0 Å². The highest BCUT2D eigenvalue weighted by molar-refractivity contribution is 5.81. The fraction of sp³-hybridized carbons (Fsp3) is 0.500. The van der Waals surface area contributed by atoms with Crippen LogP contribution < -0.4 is 0 Å². The average molecular weight is 328 g/mol. The number of likely N-dealkylation sites (tertiary alicyclic amines) is 1. The predicted molar refractivity (Wildman–Crippen MR) is 90.0 cm³/mol. The number of aryl methyl sites for hydroxylation is 1. The van der Waals surface area contributed by atoms with E-state index in [4.69, 9.17) is 4.42 Å². The zero-order valence-corrected chi connectivity index (χ0v) is 14.3. The molecule has 0 spiro atoms. The number of hydrogen-bond acceptors (Lipinski definition) is 5. The zero-order chi connectivity index (χ0) is 16.9. The first-order valence-electron chi connectivity index (χ1n) is 8.51. The summed E-state index contributed by atoms with van der Waals surface area (Å²) in [4.78, 5) is 16.8. The normalized spacial score (nSPS) is 18.0. The topological polar surface area (TPSA) is 62.5 Å². The molecule has 1 aliphatic heterocycles. The second-order valence-corrected chi connectivity index (χ2v) is 6.25. The van der Waals surface area contributed by atoms with Crippen molar-refractivity contribution < 1.29 is 9.21 Å². The van der Waals surface area contributed by atoms with E-state index in [0.717, 1.165) is 25.9 Å². The molecule has 3 rings (SSSR count). The third-order valence-electron chi connectivity index (χ3n) is 4.44. The average Bonchev–Trinajstić information content (AvgIpc) is 3.24. The lowest BCUT2D eigenvalue weighted by atomic mass is 10.1. The molecule has 1 saturated heterocycles. The van der Waals surface area contributed by atoms with Gasteiger partial charge in [-0.05, 0) is 24.9 Å². The maximum absolute atomic E-state index is 12.8. The van der Waals surface area contributed by atoms with Crippen LogP contribution in [-0.2, 0) is 24.3 Å². The van der Waals surface area contributed by atoms with Crippen LogP contribution in [0, 0.1) is 0 Å². The minimum atomic E-state index is -0.0660. The van der Waals surface area contributed by atoms with Crippen molar-refractivity contribution in [3.8, 4) is 0 Å². The van der Waals surface area contributed by atoms with Crippen molar-refractivity contribution in [1.29, 1.82) is 0 Å². The minimum Gasteiger partial charge on any atom is -0.423 e. The second-order valence-electron chi connectivity index (χ2n) is 6.25. The molecule has 0 radical (unpaired) electrons. The molecule has 24 heavy (non-hydrogen) atoms. The van der Waals surface area contributed by atoms with Gasteiger partial charge in [0.1, 0.15) is 0 Å². The van der Waals surface area contributed by atoms with Crippen LogP contribution in [-0.4, -0.2) is 45.5 Å². The summed E-state index contributed by atoms with van der Waals surface area (Å²) in [6.45, 7) is 4.10. The lowest BCUT2D eigenvalue weighted by molar-refractivity contribution is -0.135. The Balaban J connectivity index is 1.62.